The Kier molecular flexibility index (Phi) is 5.46. The molecule has 0 fully saturated rings. The molecular weight excluding hydrogens is 406 g/mol. The summed E-state index contributed by atoms with van der Waals surface area (Å²) in [4.78, 5) is 2.21. The first-order valence-corrected chi connectivity index (χ1v) is 9.42. The summed E-state index contributed by atoms with van der Waals surface area (Å²) < 4.78 is 12.4. The van der Waals surface area contributed by atoms with Gasteiger partial charge in [-0.2, -0.15) is 0 Å². The minimum atomic E-state index is 0.518. The van der Waals surface area contributed by atoms with Crippen LogP contribution in [-0.4, -0.2) is 15.1 Å². The van der Waals surface area contributed by atoms with E-state index < -0.39 is 0 Å². The van der Waals surface area contributed by atoms with E-state index in [0.717, 1.165) is 22.3 Å². The Bertz CT molecular complexity index is 984. The van der Waals surface area contributed by atoms with Crippen LogP contribution in [0.3, 0.4) is 0 Å². The average molecular weight is 424 g/mol. The zero-order chi connectivity index (χ0) is 18.5. The Labute approximate surface area is 165 Å². The molecule has 27 heavy (non-hydrogen) atoms. The van der Waals surface area contributed by atoms with Crippen molar-refractivity contribution in [1.29, 1.82) is 0 Å². The minimum Gasteiger partial charge on any atom is -0.468 e. The van der Waals surface area contributed by atoms with Gasteiger partial charge in [-0.3, -0.25) is 4.90 Å². The SMILES string of the molecule is Brc1cccc(-c2nnc(CN(Cc3ccccc3)Cc3ccco3)o2)c1. The molecule has 0 bridgehead atoms. The second-order valence-electron chi connectivity index (χ2n) is 6.22. The summed E-state index contributed by atoms with van der Waals surface area (Å²) in [7, 11) is 0. The number of halogens is 1. The fourth-order valence-electron chi connectivity index (χ4n) is 2.88. The van der Waals surface area contributed by atoms with Crippen LogP contribution >= 0.6 is 15.9 Å². The molecule has 0 atom stereocenters. The van der Waals surface area contributed by atoms with E-state index in [1.54, 1.807) is 6.26 Å². The van der Waals surface area contributed by atoms with Crippen LogP contribution in [0, 0.1) is 0 Å². The van der Waals surface area contributed by atoms with Gasteiger partial charge in [0.05, 0.1) is 19.4 Å². The summed E-state index contributed by atoms with van der Waals surface area (Å²) in [5.74, 6) is 1.99. The van der Waals surface area contributed by atoms with Gasteiger partial charge in [0.15, 0.2) is 0 Å². The molecule has 0 aliphatic carbocycles. The maximum Gasteiger partial charge on any atom is 0.247 e. The van der Waals surface area contributed by atoms with Gasteiger partial charge in [-0.05, 0) is 35.9 Å². The van der Waals surface area contributed by atoms with Crippen LogP contribution in [-0.2, 0) is 19.6 Å². The molecule has 2 aromatic heterocycles. The summed E-state index contributed by atoms with van der Waals surface area (Å²) >= 11 is 3.47. The van der Waals surface area contributed by atoms with Crippen LogP contribution in [0.25, 0.3) is 11.5 Å². The van der Waals surface area contributed by atoms with Gasteiger partial charge < -0.3 is 8.83 Å². The predicted octanol–water partition coefficient (Wildman–Crippen LogP) is 5.29. The Morgan fingerprint density at radius 2 is 1.74 bits per heavy atom. The van der Waals surface area contributed by atoms with Crippen molar-refractivity contribution in [2.75, 3.05) is 0 Å². The van der Waals surface area contributed by atoms with E-state index in [1.807, 2.05) is 54.6 Å². The molecule has 5 nitrogen and oxygen atoms in total. The quantitative estimate of drug-likeness (QED) is 0.403. The lowest BCUT2D eigenvalue weighted by molar-refractivity contribution is 0.206. The molecule has 0 aliphatic heterocycles. The van der Waals surface area contributed by atoms with Crippen LogP contribution < -0.4 is 0 Å². The molecule has 4 aromatic rings. The first-order chi connectivity index (χ1) is 13.3. The summed E-state index contributed by atoms with van der Waals surface area (Å²) in [6.07, 6.45) is 1.69. The van der Waals surface area contributed by atoms with Crippen molar-refractivity contribution in [2.45, 2.75) is 19.6 Å². The summed E-state index contributed by atoms with van der Waals surface area (Å²) in [6, 6.07) is 22.0. The van der Waals surface area contributed by atoms with E-state index >= 15 is 0 Å². The van der Waals surface area contributed by atoms with E-state index in [9.17, 15) is 0 Å². The second-order valence-corrected chi connectivity index (χ2v) is 7.14. The van der Waals surface area contributed by atoms with Crippen LogP contribution in [0.1, 0.15) is 17.2 Å². The van der Waals surface area contributed by atoms with Crippen LogP contribution in [0.5, 0.6) is 0 Å². The number of hydrogen-bond donors (Lipinski definition) is 0. The number of hydrogen-bond acceptors (Lipinski definition) is 5. The van der Waals surface area contributed by atoms with Gasteiger partial charge in [0.25, 0.3) is 0 Å². The van der Waals surface area contributed by atoms with Gasteiger partial charge in [0.2, 0.25) is 11.8 Å². The largest absolute Gasteiger partial charge is 0.468 e. The Morgan fingerprint density at radius 1 is 0.852 bits per heavy atom. The van der Waals surface area contributed by atoms with Crippen molar-refractivity contribution in [2.24, 2.45) is 0 Å². The smallest absolute Gasteiger partial charge is 0.247 e. The van der Waals surface area contributed by atoms with Gasteiger partial charge in [-0.25, -0.2) is 0 Å². The highest BCUT2D eigenvalue weighted by Crippen LogP contribution is 2.22. The normalized spacial score (nSPS) is 11.2. The van der Waals surface area contributed by atoms with Gasteiger partial charge in [-0.1, -0.05) is 52.3 Å². The lowest BCUT2D eigenvalue weighted by atomic mass is 10.2. The molecular formula is C21H18BrN3O2. The molecule has 0 N–H and O–H groups in total. The third-order valence-corrected chi connectivity index (χ3v) is 4.60. The third kappa shape index (κ3) is 4.72. The fourth-order valence-corrected chi connectivity index (χ4v) is 3.28. The van der Waals surface area contributed by atoms with Crippen LogP contribution in [0.2, 0.25) is 0 Å². The highest BCUT2D eigenvalue weighted by molar-refractivity contribution is 9.10. The van der Waals surface area contributed by atoms with Gasteiger partial charge in [0.1, 0.15) is 5.76 Å². The maximum atomic E-state index is 5.90. The molecule has 136 valence electrons. The molecule has 0 unspecified atom stereocenters. The second kappa shape index (κ2) is 8.33. The average Bonchev–Trinajstić information content (AvgIpc) is 3.35. The highest BCUT2D eigenvalue weighted by atomic mass is 79.9. The van der Waals surface area contributed by atoms with Gasteiger partial charge in [-0.15, -0.1) is 10.2 Å². The number of rotatable bonds is 7. The maximum absolute atomic E-state index is 5.90. The topological polar surface area (TPSA) is 55.3 Å². The van der Waals surface area contributed by atoms with Crippen molar-refractivity contribution in [1.82, 2.24) is 15.1 Å². The van der Waals surface area contributed by atoms with Crippen molar-refractivity contribution in [3.05, 3.63) is 94.7 Å². The molecule has 0 amide bonds. The number of benzene rings is 2. The Morgan fingerprint density at radius 3 is 2.52 bits per heavy atom. The fraction of sp³-hybridized carbons (Fsp3) is 0.143. The molecule has 0 spiro atoms. The van der Waals surface area contributed by atoms with Crippen molar-refractivity contribution in [3.8, 4) is 11.5 Å². The number of aromatic nitrogens is 2. The molecule has 0 saturated heterocycles. The van der Waals surface area contributed by atoms with Crippen molar-refractivity contribution < 1.29 is 8.83 Å². The number of furan rings is 1. The molecule has 0 aliphatic rings. The zero-order valence-electron chi connectivity index (χ0n) is 14.6. The van der Waals surface area contributed by atoms with E-state index in [4.69, 9.17) is 8.83 Å². The molecule has 0 radical (unpaired) electrons. The Hall–Kier alpha value is -2.70. The minimum absolute atomic E-state index is 0.518. The summed E-state index contributed by atoms with van der Waals surface area (Å²) in [5.41, 5.74) is 2.11. The summed E-state index contributed by atoms with van der Waals surface area (Å²) in [6.45, 7) is 1.96. The lowest BCUT2D eigenvalue weighted by Crippen LogP contribution is -2.22. The first kappa shape index (κ1) is 17.7. The number of nitrogens with zero attached hydrogens (tertiary/aromatic N) is 3. The lowest BCUT2D eigenvalue weighted by Gasteiger charge is -2.19. The molecule has 0 saturated carbocycles. The van der Waals surface area contributed by atoms with Crippen LogP contribution in [0.4, 0.5) is 0 Å². The van der Waals surface area contributed by atoms with Crippen molar-refractivity contribution >= 4 is 15.9 Å². The molecule has 6 heteroatoms. The van der Waals surface area contributed by atoms with E-state index in [-0.39, 0.29) is 0 Å². The van der Waals surface area contributed by atoms with E-state index in [2.05, 4.69) is 43.2 Å². The van der Waals surface area contributed by atoms with E-state index in [1.165, 1.54) is 5.56 Å². The monoisotopic (exact) mass is 423 g/mol. The van der Waals surface area contributed by atoms with Crippen LogP contribution in [0.15, 0.2) is 86.3 Å². The highest BCUT2D eigenvalue weighted by Gasteiger charge is 2.15. The standard InChI is InChI=1S/C21H18BrN3O2/c22-18-9-4-8-17(12-18)21-24-23-20(27-21)15-25(14-19-10-5-11-26-19)13-16-6-2-1-3-7-16/h1-12H,13-15H2. The molecule has 2 aromatic carbocycles. The van der Waals surface area contributed by atoms with Gasteiger partial charge in [0, 0.05) is 16.6 Å². The first-order valence-electron chi connectivity index (χ1n) is 8.63. The third-order valence-electron chi connectivity index (χ3n) is 4.11. The van der Waals surface area contributed by atoms with Gasteiger partial charge >= 0.3 is 0 Å². The zero-order valence-corrected chi connectivity index (χ0v) is 16.2. The van der Waals surface area contributed by atoms with E-state index in [0.29, 0.717) is 24.9 Å². The summed E-state index contributed by atoms with van der Waals surface area (Å²) in [5, 5.41) is 8.43. The molecule has 4 rings (SSSR count). The Balaban J connectivity index is 1.52. The van der Waals surface area contributed by atoms with Crippen molar-refractivity contribution in [3.63, 3.8) is 0 Å². The predicted molar refractivity (Wildman–Crippen MR) is 106 cm³/mol. The molecule has 2 heterocycles.